The molecule has 0 heteroatoms. The third-order valence-electron chi connectivity index (χ3n) is 24.1. The van der Waals surface area contributed by atoms with Crippen LogP contribution in [0, 0.1) is 118 Å². The van der Waals surface area contributed by atoms with Crippen LogP contribution < -0.4 is 0 Å². The van der Waals surface area contributed by atoms with E-state index < -0.39 is 0 Å². The zero-order valence-electron chi connectivity index (χ0n) is 38.4. The summed E-state index contributed by atoms with van der Waals surface area (Å²) in [5.74, 6) is 22.2. The monoisotopic (exact) mass is 817 g/mol. The van der Waals surface area contributed by atoms with Gasteiger partial charge in [0.25, 0.3) is 0 Å². The molecule has 16 aliphatic rings. The Morgan fingerprint density at radius 3 is 1.75 bits per heavy atom. The number of benzene rings is 1. The number of hydrogen-bond donors (Lipinski definition) is 0. The summed E-state index contributed by atoms with van der Waals surface area (Å²) in [6.45, 7) is 0. The molecule has 0 saturated heterocycles. The fourth-order valence-corrected chi connectivity index (χ4v) is 20.7. The quantitative estimate of drug-likeness (QED) is 0.285. The summed E-state index contributed by atoms with van der Waals surface area (Å²) < 4.78 is 0. The van der Waals surface area contributed by atoms with Gasteiger partial charge in [-0.1, -0.05) is 126 Å². The predicted octanol–water partition coefficient (Wildman–Crippen LogP) is 16.3. The summed E-state index contributed by atoms with van der Waals surface area (Å²) in [6, 6.07) is 10.4. The molecule has 0 radical (unpaired) electrons. The van der Waals surface area contributed by atoms with Crippen molar-refractivity contribution in [1.82, 2.24) is 0 Å². The topological polar surface area (TPSA) is 0 Å². The van der Waals surface area contributed by atoms with Crippen molar-refractivity contribution >= 4 is 0 Å². The Balaban J connectivity index is 0.746. The molecule has 1 aromatic carbocycles. The van der Waals surface area contributed by atoms with Gasteiger partial charge in [-0.25, -0.2) is 0 Å². The largest absolute Gasteiger partial charge is 0.0735 e. The minimum absolute atomic E-state index is 0.807. The van der Waals surface area contributed by atoms with Crippen molar-refractivity contribution in [2.75, 3.05) is 0 Å². The van der Waals surface area contributed by atoms with Crippen molar-refractivity contribution in [2.24, 2.45) is 118 Å². The zero-order valence-corrected chi connectivity index (χ0v) is 38.4. The molecule has 0 aliphatic heterocycles. The smallest absolute Gasteiger partial charge is 0.00912 e. The molecule has 0 nitrogen and oxygen atoms in total. The highest BCUT2D eigenvalue weighted by molar-refractivity contribution is 5.52. The second-order valence-corrected chi connectivity index (χ2v) is 26.2. The van der Waals surface area contributed by atoms with E-state index in [0.29, 0.717) is 0 Å². The Labute approximate surface area is 372 Å². The maximum Gasteiger partial charge on any atom is -0.00912 e. The molecule has 0 amide bonds. The van der Waals surface area contributed by atoms with Gasteiger partial charge in [0.1, 0.15) is 0 Å². The van der Waals surface area contributed by atoms with Gasteiger partial charge in [0.2, 0.25) is 0 Å². The molecule has 16 aliphatic carbocycles. The first-order valence-electron chi connectivity index (χ1n) is 28.4. The van der Waals surface area contributed by atoms with Gasteiger partial charge in [-0.15, -0.1) is 0 Å². The van der Waals surface area contributed by atoms with E-state index in [1.165, 1.54) is 70.6 Å². The molecule has 10 fully saturated rings. The predicted molar refractivity (Wildman–Crippen MR) is 252 cm³/mol. The minimum atomic E-state index is 0.807. The molecular weight excluding hydrogens is 733 g/mol. The van der Waals surface area contributed by atoms with Crippen LogP contribution in [0.3, 0.4) is 0 Å². The zero-order chi connectivity index (χ0) is 39.8. The first-order chi connectivity index (χ1) is 30.2. The average Bonchev–Trinajstić information content (AvgIpc) is 3.61. The molecule has 0 heterocycles. The second kappa shape index (κ2) is 15.5. The molecule has 1 aromatic rings. The number of hydrogen-bond acceptors (Lipinski definition) is 0. The Bertz CT molecular complexity index is 1860. The molecule has 10 saturated carbocycles. The highest BCUT2D eigenvalue weighted by atomic mass is 14.7. The average molecular weight is 817 g/mol. The van der Waals surface area contributed by atoms with Crippen molar-refractivity contribution in [2.45, 2.75) is 185 Å². The first kappa shape index (κ1) is 38.7. The maximum absolute atomic E-state index is 2.88. The van der Waals surface area contributed by atoms with E-state index in [0.717, 1.165) is 130 Å². The molecule has 0 N–H and O–H groups in total. The summed E-state index contributed by atoms with van der Waals surface area (Å²) in [6.07, 6.45) is 52.8. The van der Waals surface area contributed by atoms with Crippen LogP contribution in [0.4, 0.5) is 0 Å². The van der Waals surface area contributed by atoms with E-state index in [4.69, 9.17) is 0 Å². The summed E-state index contributed by atoms with van der Waals surface area (Å²) >= 11 is 0. The highest BCUT2D eigenvalue weighted by Gasteiger charge is 2.63. The lowest BCUT2D eigenvalue weighted by Crippen LogP contribution is -2.59. The van der Waals surface area contributed by atoms with Gasteiger partial charge in [-0.2, -0.15) is 0 Å². The van der Waals surface area contributed by atoms with Crippen LogP contribution in [0.2, 0.25) is 0 Å². The number of rotatable bonds is 3. The van der Waals surface area contributed by atoms with E-state index in [9.17, 15) is 0 Å². The van der Waals surface area contributed by atoms with E-state index in [1.807, 2.05) is 5.57 Å². The summed E-state index contributed by atoms with van der Waals surface area (Å²) in [4.78, 5) is 0. The highest BCUT2D eigenvalue weighted by Crippen LogP contribution is 2.71. The van der Waals surface area contributed by atoms with E-state index >= 15 is 0 Å². The molecule has 15 atom stereocenters. The lowest BCUT2D eigenvalue weighted by atomic mass is 9.39. The standard InChI is InChI=1S/C61H84/c1-2-4-6-8-14-36(13-7-5-3-1)40-25-42(26-40)43-29-46(30-43)58-47-31-45-33-55-44-27-41(28-44)37-15-11-16-39(23-37)56-34-49-24-38-17-12-20-51(38)60-52(19-10-9-18-50(45)55)57(35-48(58)32-47)61(60)54-22-21-53(54)59(49)56/h11-12,15-17,20,23-24,36,40-50,52-61H,1-10,13-14,18-19,21-22,25-35H2/b38-24-/t40?,41?,42?,43?,44?,45?,46?,47?,48?,49?,50?,52?,53?,54?,55?,56?,57?,58-,59-,60?,61?/m0/s1. The summed E-state index contributed by atoms with van der Waals surface area (Å²) in [7, 11) is 0. The normalized spacial score (nSPS) is 52.9. The molecule has 13 unspecified atom stereocenters. The van der Waals surface area contributed by atoms with Crippen LogP contribution in [-0.4, -0.2) is 0 Å². The van der Waals surface area contributed by atoms with Crippen LogP contribution in [0.5, 0.6) is 0 Å². The molecule has 12 bridgehead atoms. The van der Waals surface area contributed by atoms with Crippen LogP contribution >= 0.6 is 0 Å². The van der Waals surface area contributed by atoms with Gasteiger partial charge in [-0.05, 0) is 249 Å². The molecular formula is C61H84. The van der Waals surface area contributed by atoms with Gasteiger partial charge in [-0.3, -0.25) is 0 Å². The Kier molecular flexibility index (Phi) is 9.85. The van der Waals surface area contributed by atoms with Crippen molar-refractivity contribution in [3.63, 3.8) is 0 Å². The van der Waals surface area contributed by atoms with Gasteiger partial charge in [0.05, 0.1) is 0 Å². The van der Waals surface area contributed by atoms with Crippen molar-refractivity contribution in [3.05, 3.63) is 70.8 Å². The Morgan fingerprint density at radius 2 is 0.984 bits per heavy atom. The Hall–Kier alpha value is -1.56. The van der Waals surface area contributed by atoms with Crippen molar-refractivity contribution in [3.8, 4) is 0 Å². The summed E-state index contributed by atoms with van der Waals surface area (Å²) in [5, 5.41) is 0. The van der Waals surface area contributed by atoms with E-state index in [-0.39, 0.29) is 0 Å². The SMILES string of the molecule is C1=C/C2=C/C3CC4c5cccc(c5)C5CC(C5)C5CC6CC7CC(CC8C(CCCCC65)C(C2=C1)C8C1CCC1[C@H]34)[C@H]7C1CC(C2CC(C3CCCCCCCCCC3)C2)C1. The van der Waals surface area contributed by atoms with Crippen LogP contribution in [0.25, 0.3) is 0 Å². The molecule has 0 spiro atoms. The number of fused-ring (bicyclic) bond motifs is 3. The Morgan fingerprint density at radius 1 is 0.393 bits per heavy atom. The van der Waals surface area contributed by atoms with Gasteiger partial charge < -0.3 is 0 Å². The minimum Gasteiger partial charge on any atom is -0.0735 e. The fraction of sp³-hybridized carbons (Fsp3) is 0.803. The van der Waals surface area contributed by atoms with Gasteiger partial charge in [0.15, 0.2) is 0 Å². The fourth-order valence-electron chi connectivity index (χ4n) is 20.7. The molecule has 61 heavy (non-hydrogen) atoms. The van der Waals surface area contributed by atoms with E-state index in [2.05, 4.69) is 48.6 Å². The van der Waals surface area contributed by atoms with Crippen molar-refractivity contribution in [1.29, 1.82) is 0 Å². The van der Waals surface area contributed by atoms with Crippen molar-refractivity contribution < 1.29 is 0 Å². The van der Waals surface area contributed by atoms with Crippen LogP contribution in [-0.2, 0) is 0 Å². The third kappa shape index (κ3) is 6.33. The van der Waals surface area contributed by atoms with Gasteiger partial charge >= 0.3 is 0 Å². The third-order valence-corrected chi connectivity index (χ3v) is 24.1. The van der Waals surface area contributed by atoms with Crippen LogP contribution in [0.15, 0.2) is 59.7 Å². The maximum atomic E-state index is 2.88. The molecule has 0 aromatic heterocycles. The molecule has 328 valence electrons. The second-order valence-electron chi connectivity index (χ2n) is 26.2. The van der Waals surface area contributed by atoms with Gasteiger partial charge in [0, 0.05) is 0 Å². The number of allylic oxidation sites excluding steroid dienone is 6. The van der Waals surface area contributed by atoms with E-state index in [1.54, 1.807) is 119 Å². The lowest BCUT2D eigenvalue weighted by molar-refractivity contribution is -0.149. The summed E-state index contributed by atoms with van der Waals surface area (Å²) in [5.41, 5.74) is 7.02. The first-order valence-corrected chi connectivity index (χ1v) is 28.4. The van der Waals surface area contributed by atoms with Crippen LogP contribution in [0.1, 0.15) is 196 Å². The molecule has 17 rings (SSSR count). The lowest BCUT2D eigenvalue weighted by Gasteiger charge is -2.65.